The number of halogens is 1. The van der Waals surface area contributed by atoms with Crippen LogP contribution in [0.25, 0.3) is 0 Å². The molecule has 0 aromatic heterocycles. The molecule has 0 spiro atoms. The van der Waals surface area contributed by atoms with Crippen molar-refractivity contribution in [1.29, 1.82) is 0 Å². The first-order chi connectivity index (χ1) is 10.2. The van der Waals surface area contributed by atoms with E-state index in [9.17, 15) is 9.18 Å². The lowest BCUT2D eigenvalue weighted by Crippen LogP contribution is -2.30. The average molecular weight is 296 g/mol. The third-order valence-corrected chi connectivity index (χ3v) is 3.11. The van der Waals surface area contributed by atoms with Crippen LogP contribution in [0, 0.1) is 5.82 Å². The molecule has 1 saturated carbocycles. The van der Waals surface area contributed by atoms with Crippen molar-refractivity contribution in [2.45, 2.75) is 25.4 Å². The van der Waals surface area contributed by atoms with Gasteiger partial charge in [0.05, 0.1) is 6.61 Å². The van der Waals surface area contributed by atoms with Crippen molar-refractivity contribution < 1.29 is 18.7 Å². The van der Waals surface area contributed by atoms with Gasteiger partial charge in [0, 0.05) is 26.2 Å². The van der Waals surface area contributed by atoms with Crippen LogP contribution < -0.4 is 15.4 Å². The fourth-order valence-corrected chi connectivity index (χ4v) is 1.82. The molecule has 1 aliphatic carbocycles. The number of hydrogen-bond donors (Lipinski definition) is 2. The lowest BCUT2D eigenvalue weighted by atomic mass is 10.2. The van der Waals surface area contributed by atoms with E-state index in [1.54, 1.807) is 19.2 Å². The summed E-state index contributed by atoms with van der Waals surface area (Å²) in [5.74, 6) is -0.566. The molecular formula is C15H21FN2O3. The fourth-order valence-electron chi connectivity index (χ4n) is 1.82. The van der Waals surface area contributed by atoms with Crippen molar-refractivity contribution >= 4 is 5.91 Å². The normalized spacial score (nSPS) is 14.0. The molecule has 1 amide bonds. The van der Waals surface area contributed by atoms with E-state index in [-0.39, 0.29) is 24.3 Å². The molecule has 6 heteroatoms. The summed E-state index contributed by atoms with van der Waals surface area (Å²) in [6, 6.07) is 5.02. The van der Waals surface area contributed by atoms with Gasteiger partial charge in [0.15, 0.2) is 18.2 Å². The van der Waals surface area contributed by atoms with Crippen LogP contribution in [-0.2, 0) is 16.1 Å². The second-order valence-corrected chi connectivity index (χ2v) is 5.06. The van der Waals surface area contributed by atoms with E-state index in [0.717, 1.165) is 18.4 Å². The molecule has 116 valence electrons. The van der Waals surface area contributed by atoms with E-state index in [2.05, 4.69) is 10.6 Å². The number of hydrogen-bond acceptors (Lipinski definition) is 4. The average Bonchev–Trinajstić information content (AvgIpc) is 3.26. The Labute approximate surface area is 123 Å². The standard InChI is InChI=1S/C15H21FN2O3/c1-20-7-6-17-9-11-2-5-14(13(16)8-11)21-10-15(19)18-12-3-4-12/h2,5,8,12,17H,3-4,6-7,9-10H2,1H3,(H,18,19). The van der Waals surface area contributed by atoms with Crippen LogP contribution >= 0.6 is 0 Å². The summed E-state index contributed by atoms with van der Waals surface area (Å²) < 4.78 is 24.0. The highest BCUT2D eigenvalue weighted by Gasteiger charge is 2.23. The molecule has 21 heavy (non-hydrogen) atoms. The van der Waals surface area contributed by atoms with Crippen LogP contribution in [0.15, 0.2) is 18.2 Å². The minimum atomic E-state index is -0.458. The molecule has 1 fully saturated rings. The van der Waals surface area contributed by atoms with Gasteiger partial charge in [-0.2, -0.15) is 0 Å². The zero-order valence-corrected chi connectivity index (χ0v) is 12.2. The monoisotopic (exact) mass is 296 g/mol. The van der Waals surface area contributed by atoms with Crippen molar-refractivity contribution in [2.24, 2.45) is 0 Å². The largest absolute Gasteiger partial charge is 0.481 e. The summed E-state index contributed by atoms with van der Waals surface area (Å²) in [6.07, 6.45) is 2.04. The maximum atomic E-state index is 13.8. The predicted octanol–water partition coefficient (Wildman–Crippen LogP) is 1.22. The zero-order chi connectivity index (χ0) is 15.1. The Morgan fingerprint density at radius 2 is 2.24 bits per heavy atom. The predicted molar refractivity (Wildman–Crippen MR) is 76.6 cm³/mol. The highest BCUT2D eigenvalue weighted by molar-refractivity contribution is 5.78. The van der Waals surface area contributed by atoms with E-state index in [4.69, 9.17) is 9.47 Å². The van der Waals surface area contributed by atoms with Gasteiger partial charge in [0.1, 0.15) is 0 Å². The van der Waals surface area contributed by atoms with Gasteiger partial charge in [-0.3, -0.25) is 4.79 Å². The van der Waals surface area contributed by atoms with Crippen LogP contribution in [0.5, 0.6) is 5.75 Å². The zero-order valence-electron chi connectivity index (χ0n) is 12.2. The van der Waals surface area contributed by atoms with E-state index in [1.165, 1.54) is 6.07 Å². The summed E-state index contributed by atoms with van der Waals surface area (Å²) in [6.45, 7) is 1.72. The minimum Gasteiger partial charge on any atom is -0.481 e. The first kappa shape index (κ1) is 15.7. The number of ether oxygens (including phenoxy) is 2. The van der Waals surface area contributed by atoms with Crippen LogP contribution in [0.2, 0.25) is 0 Å². The second-order valence-electron chi connectivity index (χ2n) is 5.06. The first-order valence-corrected chi connectivity index (χ1v) is 7.09. The molecule has 2 rings (SSSR count). The Hall–Kier alpha value is -1.66. The Kier molecular flexibility index (Phi) is 5.95. The number of carbonyl (C=O) groups excluding carboxylic acids is 1. The number of benzene rings is 1. The molecule has 1 aromatic carbocycles. The Bertz CT molecular complexity index is 478. The molecule has 0 unspecified atom stereocenters. The van der Waals surface area contributed by atoms with Gasteiger partial charge in [-0.1, -0.05) is 6.07 Å². The number of rotatable bonds is 9. The van der Waals surface area contributed by atoms with Crippen molar-refractivity contribution in [3.8, 4) is 5.75 Å². The molecule has 5 nitrogen and oxygen atoms in total. The van der Waals surface area contributed by atoms with Crippen LogP contribution in [0.4, 0.5) is 4.39 Å². The Morgan fingerprint density at radius 1 is 1.43 bits per heavy atom. The summed E-state index contributed by atoms with van der Waals surface area (Å²) in [5, 5.41) is 5.92. The van der Waals surface area contributed by atoms with Gasteiger partial charge in [-0.05, 0) is 30.5 Å². The summed E-state index contributed by atoms with van der Waals surface area (Å²) in [4.78, 5) is 11.5. The van der Waals surface area contributed by atoms with E-state index in [1.807, 2.05) is 0 Å². The summed E-state index contributed by atoms with van der Waals surface area (Å²) >= 11 is 0. The van der Waals surface area contributed by atoms with Crippen molar-refractivity contribution in [1.82, 2.24) is 10.6 Å². The molecule has 0 bridgehead atoms. The SMILES string of the molecule is COCCNCc1ccc(OCC(=O)NC2CC2)c(F)c1. The third kappa shape index (κ3) is 5.69. The molecule has 0 radical (unpaired) electrons. The third-order valence-electron chi connectivity index (χ3n) is 3.11. The van der Waals surface area contributed by atoms with Gasteiger partial charge in [0.2, 0.25) is 0 Å². The van der Waals surface area contributed by atoms with Crippen molar-refractivity contribution in [3.05, 3.63) is 29.6 Å². The maximum absolute atomic E-state index is 13.8. The number of methoxy groups -OCH3 is 1. The van der Waals surface area contributed by atoms with Crippen LogP contribution in [0.1, 0.15) is 18.4 Å². The molecule has 2 N–H and O–H groups in total. The minimum absolute atomic E-state index is 0.0987. The summed E-state index contributed by atoms with van der Waals surface area (Å²) in [7, 11) is 1.63. The van der Waals surface area contributed by atoms with E-state index >= 15 is 0 Å². The van der Waals surface area contributed by atoms with Gasteiger partial charge in [-0.25, -0.2) is 4.39 Å². The Balaban J connectivity index is 1.76. The van der Waals surface area contributed by atoms with Gasteiger partial charge in [-0.15, -0.1) is 0 Å². The Morgan fingerprint density at radius 3 is 2.90 bits per heavy atom. The summed E-state index contributed by atoms with van der Waals surface area (Å²) in [5.41, 5.74) is 0.818. The van der Waals surface area contributed by atoms with E-state index in [0.29, 0.717) is 19.7 Å². The van der Waals surface area contributed by atoms with Gasteiger partial charge in [0.25, 0.3) is 5.91 Å². The van der Waals surface area contributed by atoms with Crippen LogP contribution in [0.3, 0.4) is 0 Å². The lowest BCUT2D eigenvalue weighted by Gasteiger charge is -2.09. The van der Waals surface area contributed by atoms with Crippen molar-refractivity contribution in [2.75, 3.05) is 26.9 Å². The van der Waals surface area contributed by atoms with Crippen molar-refractivity contribution in [3.63, 3.8) is 0 Å². The second kappa shape index (κ2) is 7.95. The molecule has 1 aliphatic rings. The van der Waals surface area contributed by atoms with Gasteiger partial charge < -0.3 is 20.1 Å². The molecule has 0 atom stereocenters. The smallest absolute Gasteiger partial charge is 0.258 e. The quantitative estimate of drug-likeness (QED) is 0.673. The maximum Gasteiger partial charge on any atom is 0.258 e. The molecular weight excluding hydrogens is 275 g/mol. The molecule has 0 saturated heterocycles. The van der Waals surface area contributed by atoms with Gasteiger partial charge >= 0.3 is 0 Å². The van der Waals surface area contributed by atoms with E-state index < -0.39 is 5.82 Å². The lowest BCUT2D eigenvalue weighted by molar-refractivity contribution is -0.123. The number of nitrogens with one attached hydrogen (secondary N) is 2. The molecule has 0 heterocycles. The van der Waals surface area contributed by atoms with Crippen LogP contribution in [-0.4, -0.2) is 38.8 Å². The fraction of sp³-hybridized carbons (Fsp3) is 0.533. The number of carbonyl (C=O) groups is 1. The molecule has 1 aromatic rings. The number of amides is 1. The first-order valence-electron chi connectivity index (χ1n) is 7.09. The highest BCUT2D eigenvalue weighted by atomic mass is 19.1. The molecule has 0 aliphatic heterocycles. The highest BCUT2D eigenvalue weighted by Crippen LogP contribution is 2.20. The topological polar surface area (TPSA) is 59.6 Å².